The standard InChI is InChI=1S/C8H14N2O5.C4H4O4/c11-8(7-3-1-4-9-7)14-5-2-6-15-10(12)13;5-3(6)1-2-4(7)8/h7,9H,1-6H2;1-2H,(H,5,6)(H,7,8)/t7-;/m0./s1. The zero-order valence-electron chi connectivity index (χ0n) is 12.2. The van der Waals surface area contributed by atoms with Crippen LogP contribution in [0.25, 0.3) is 0 Å². The number of nitrogens with one attached hydrogen (secondary N) is 1. The normalized spacial score (nSPS) is 16.3. The summed E-state index contributed by atoms with van der Waals surface area (Å²) < 4.78 is 4.90. The number of rotatable bonds is 8. The largest absolute Gasteiger partial charge is 0.478 e. The molecule has 23 heavy (non-hydrogen) atoms. The highest BCUT2D eigenvalue weighted by atomic mass is 16.9. The fourth-order valence-corrected chi connectivity index (χ4v) is 1.50. The van der Waals surface area contributed by atoms with E-state index in [0.29, 0.717) is 18.6 Å². The molecule has 0 amide bonds. The number of esters is 1. The van der Waals surface area contributed by atoms with Gasteiger partial charge in [-0.05, 0) is 19.4 Å². The van der Waals surface area contributed by atoms with Gasteiger partial charge in [-0.3, -0.25) is 4.79 Å². The third-order valence-corrected chi connectivity index (χ3v) is 2.44. The molecular formula is C12H18N2O9. The Morgan fingerprint density at radius 1 is 1.22 bits per heavy atom. The van der Waals surface area contributed by atoms with E-state index in [9.17, 15) is 24.5 Å². The van der Waals surface area contributed by atoms with E-state index in [-0.39, 0.29) is 25.2 Å². The lowest BCUT2D eigenvalue weighted by Crippen LogP contribution is -2.32. The summed E-state index contributed by atoms with van der Waals surface area (Å²) in [5.41, 5.74) is 0. The van der Waals surface area contributed by atoms with Crippen LogP contribution in [-0.4, -0.2) is 59.0 Å². The van der Waals surface area contributed by atoms with Crippen molar-refractivity contribution in [2.24, 2.45) is 0 Å². The van der Waals surface area contributed by atoms with Crippen LogP contribution in [0.3, 0.4) is 0 Å². The summed E-state index contributed by atoms with van der Waals surface area (Å²) in [6.07, 6.45) is 3.22. The van der Waals surface area contributed by atoms with Gasteiger partial charge in [-0.2, -0.15) is 0 Å². The van der Waals surface area contributed by atoms with Gasteiger partial charge in [0.05, 0.1) is 13.2 Å². The molecule has 0 aromatic heterocycles. The monoisotopic (exact) mass is 334 g/mol. The maximum atomic E-state index is 11.3. The summed E-state index contributed by atoms with van der Waals surface area (Å²) in [7, 11) is 0. The topological polar surface area (TPSA) is 165 Å². The molecule has 1 rings (SSSR count). The second kappa shape index (κ2) is 11.9. The first-order valence-corrected chi connectivity index (χ1v) is 6.64. The first-order valence-electron chi connectivity index (χ1n) is 6.64. The number of carboxylic acid groups (broad SMARTS) is 2. The zero-order valence-corrected chi connectivity index (χ0v) is 12.2. The van der Waals surface area contributed by atoms with Gasteiger partial charge in [0.2, 0.25) is 0 Å². The molecule has 1 atom stereocenters. The molecule has 0 spiro atoms. The van der Waals surface area contributed by atoms with Crippen LogP contribution in [0.4, 0.5) is 0 Å². The Balaban J connectivity index is 0.000000515. The molecule has 0 saturated carbocycles. The van der Waals surface area contributed by atoms with Gasteiger partial charge in [-0.1, -0.05) is 0 Å². The first kappa shape index (κ1) is 20.3. The Labute approximate surface area is 131 Å². The second-order valence-electron chi connectivity index (χ2n) is 4.24. The molecule has 0 aromatic rings. The van der Waals surface area contributed by atoms with Crippen molar-refractivity contribution in [3.63, 3.8) is 0 Å². The lowest BCUT2D eigenvalue weighted by molar-refractivity contribution is -0.757. The number of nitrogens with zero attached hydrogens (tertiary/aromatic N) is 1. The van der Waals surface area contributed by atoms with Crippen LogP contribution in [-0.2, 0) is 24.0 Å². The van der Waals surface area contributed by atoms with Crippen LogP contribution in [0.2, 0.25) is 0 Å². The molecule has 11 heteroatoms. The number of aliphatic carboxylic acids is 2. The minimum absolute atomic E-state index is 0.0433. The van der Waals surface area contributed by atoms with Crippen LogP contribution in [0.15, 0.2) is 12.2 Å². The molecule has 1 aliphatic heterocycles. The lowest BCUT2D eigenvalue weighted by atomic mass is 10.2. The lowest BCUT2D eigenvalue weighted by Gasteiger charge is -2.09. The summed E-state index contributed by atoms with van der Waals surface area (Å²) in [5.74, 6) is -2.80. The van der Waals surface area contributed by atoms with Gasteiger partial charge in [-0.15, -0.1) is 10.1 Å². The molecule has 0 unspecified atom stereocenters. The van der Waals surface area contributed by atoms with Crippen molar-refractivity contribution < 1.29 is 39.3 Å². The number of carboxylic acids is 2. The first-order chi connectivity index (χ1) is 10.8. The van der Waals surface area contributed by atoms with Crippen LogP contribution in [0.5, 0.6) is 0 Å². The number of carbonyl (C=O) groups is 3. The Morgan fingerprint density at radius 2 is 1.83 bits per heavy atom. The van der Waals surface area contributed by atoms with Crippen LogP contribution in [0.1, 0.15) is 19.3 Å². The Kier molecular flexibility index (Phi) is 10.5. The Morgan fingerprint density at radius 3 is 2.26 bits per heavy atom. The minimum atomic E-state index is -1.26. The number of carbonyl (C=O) groups excluding carboxylic acids is 1. The molecule has 3 N–H and O–H groups in total. The minimum Gasteiger partial charge on any atom is -0.478 e. The molecule has 1 aliphatic rings. The average Bonchev–Trinajstić information content (AvgIpc) is 2.99. The van der Waals surface area contributed by atoms with Gasteiger partial charge in [0.1, 0.15) is 6.04 Å². The van der Waals surface area contributed by atoms with E-state index < -0.39 is 17.0 Å². The molecule has 1 saturated heterocycles. The number of hydrogen-bond donors (Lipinski definition) is 3. The van der Waals surface area contributed by atoms with Gasteiger partial charge in [0.15, 0.2) is 0 Å². The summed E-state index contributed by atoms with van der Waals surface area (Å²) in [6, 6.07) is -0.207. The van der Waals surface area contributed by atoms with Crippen LogP contribution >= 0.6 is 0 Å². The highest BCUT2D eigenvalue weighted by Gasteiger charge is 2.22. The van der Waals surface area contributed by atoms with E-state index in [2.05, 4.69) is 10.2 Å². The molecule has 1 fully saturated rings. The van der Waals surface area contributed by atoms with E-state index in [1.807, 2.05) is 0 Å². The van der Waals surface area contributed by atoms with E-state index in [1.54, 1.807) is 0 Å². The predicted molar refractivity (Wildman–Crippen MR) is 74.0 cm³/mol. The third-order valence-electron chi connectivity index (χ3n) is 2.44. The van der Waals surface area contributed by atoms with Crippen molar-refractivity contribution in [3.8, 4) is 0 Å². The maximum Gasteiger partial charge on any atom is 0.328 e. The van der Waals surface area contributed by atoms with Crippen molar-refractivity contribution in [1.29, 1.82) is 0 Å². The van der Waals surface area contributed by atoms with E-state index >= 15 is 0 Å². The third kappa shape index (κ3) is 12.7. The van der Waals surface area contributed by atoms with Gasteiger partial charge in [0, 0.05) is 18.6 Å². The molecule has 11 nitrogen and oxygen atoms in total. The van der Waals surface area contributed by atoms with Crippen molar-refractivity contribution in [2.75, 3.05) is 19.8 Å². The summed E-state index contributed by atoms with van der Waals surface area (Å²) in [4.78, 5) is 44.2. The molecule has 0 aromatic carbocycles. The smallest absolute Gasteiger partial charge is 0.328 e. The van der Waals surface area contributed by atoms with E-state index in [4.69, 9.17) is 14.9 Å². The van der Waals surface area contributed by atoms with E-state index in [0.717, 1.165) is 19.4 Å². The van der Waals surface area contributed by atoms with Crippen molar-refractivity contribution >= 4 is 17.9 Å². The molecule has 0 radical (unpaired) electrons. The van der Waals surface area contributed by atoms with Crippen molar-refractivity contribution in [2.45, 2.75) is 25.3 Å². The van der Waals surface area contributed by atoms with E-state index in [1.165, 1.54) is 0 Å². The zero-order chi connectivity index (χ0) is 17.7. The highest BCUT2D eigenvalue weighted by molar-refractivity contribution is 5.89. The number of hydrogen-bond acceptors (Lipinski definition) is 8. The Hall–Kier alpha value is -2.69. The van der Waals surface area contributed by atoms with Gasteiger partial charge in [-0.25, -0.2) is 9.59 Å². The quantitative estimate of drug-likeness (QED) is 0.175. The highest BCUT2D eigenvalue weighted by Crippen LogP contribution is 2.06. The average molecular weight is 334 g/mol. The Bertz CT molecular complexity index is 428. The van der Waals surface area contributed by atoms with Gasteiger partial charge in [0.25, 0.3) is 5.09 Å². The predicted octanol–water partition coefficient (Wildman–Crippen LogP) is -0.408. The molecule has 1 heterocycles. The van der Waals surface area contributed by atoms with Crippen LogP contribution < -0.4 is 5.32 Å². The number of ether oxygens (including phenoxy) is 1. The maximum absolute atomic E-state index is 11.3. The van der Waals surface area contributed by atoms with Gasteiger partial charge >= 0.3 is 17.9 Å². The fourth-order valence-electron chi connectivity index (χ4n) is 1.50. The van der Waals surface area contributed by atoms with Gasteiger partial charge < -0.3 is 25.1 Å². The SMILES string of the molecule is O=C(O)C=CC(=O)O.O=C(OCCCO[N+](=O)[O-])[C@@H]1CCCN1. The molecule has 130 valence electrons. The summed E-state index contributed by atoms with van der Waals surface area (Å²) in [6.45, 7) is 0.952. The summed E-state index contributed by atoms with van der Waals surface area (Å²) >= 11 is 0. The summed E-state index contributed by atoms with van der Waals surface area (Å²) in [5, 5.41) is 27.5. The van der Waals surface area contributed by atoms with Crippen molar-refractivity contribution in [3.05, 3.63) is 22.3 Å². The van der Waals surface area contributed by atoms with Crippen molar-refractivity contribution in [1.82, 2.24) is 5.32 Å². The van der Waals surface area contributed by atoms with Crippen LogP contribution in [0, 0.1) is 10.1 Å². The molecule has 0 aliphatic carbocycles. The fraction of sp³-hybridized carbons (Fsp3) is 0.583. The molecule has 0 bridgehead atoms. The molecular weight excluding hydrogens is 316 g/mol. The second-order valence-corrected chi connectivity index (χ2v) is 4.24.